The Labute approximate surface area is 118 Å². The Kier molecular flexibility index (Phi) is 4.08. The first-order valence-electron chi connectivity index (χ1n) is 5.83. The number of carbonyl (C=O) groups excluding carboxylic acids is 1. The summed E-state index contributed by atoms with van der Waals surface area (Å²) >= 11 is 0. The number of hydrogen-bond acceptors (Lipinski definition) is 4. The third kappa shape index (κ3) is 3.48. The minimum absolute atomic E-state index is 0.0533. The third-order valence-corrected chi connectivity index (χ3v) is 2.61. The van der Waals surface area contributed by atoms with Crippen molar-refractivity contribution in [2.45, 2.75) is 6.18 Å². The van der Waals surface area contributed by atoms with E-state index in [9.17, 15) is 18.0 Å². The summed E-state index contributed by atoms with van der Waals surface area (Å²) in [6.45, 7) is 0. The second-order valence-corrected chi connectivity index (χ2v) is 4.05. The van der Waals surface area contributed by atoms with Crippen LogP contribution in [0, 0.1) is 0 Å². The molecule has 0 saturated carbocycles. The molecule has 5 nitrogen and oxygen atoms in total. The molecule has 2 rings (SSSR count). The number of nitrogens with zero attached hydrogens (tertiary/aromatic N) is 1. The van der Waals surface area contributed by atoms with Crippen LogP contribution in [-0.2, 0) is 6.18 Å². The number of nitrogens with two attached hydrogens (primary N) is 1. The van der Waals surface area contributed by atoms with E-state index in [-0.39, 0.29) is 17.2 Å². The zero-order chi connectivity index (χ0) is 15.5. The fourth-order valence-electron chi connectivity index (χ4n) is 1.67. The van der Waals surface area contributed by atoms with E-state index in [1.54, 1.807) is 0 Å². The predicted octanol–water partition coefficient (Wildman–Crippen LogP) is 2.64. The van der Waals surface area contributed by atoms with Crippen LogP contribution in [0.1, 0.15) is 16.1 Å². The Morgan fingerprint density at radius 3 is 2.48 bits per heavy atom. The molecule has 0 fully saturated rings. The van der Waals surface area contributed by atoms with E-state index in [0.717, 1.165) is 6.07 Å². The van der Waals surface area contributed by atoms with Crippen molar-refractivity contribution in [2.24, 2.45) is 5.84 Å². The molecule has 1 amide bonds. The SMILES string of the molecule is NNc1cccc(C(=O)Nc2ccccc2C(F)(F)F)n1. The third-order valence-electron chi connectivity index (χ3n) is 2.61. The van der Waals surface area contributed by atoms with E-state index < -0.39 is 17.6 Å². The molecule has 0 aliphatic heterocycles. The van der Waals surface area contributed by atoms with Crippen LogP contribution in [0.4, 0.5) is 24.7 Å². The molecular formula is C13H11F3N4O. The van der Waals surface area contributed by atoms with E-state index in [2.05, 4.69) is 15.7 Å². The molecule has 1 aromatic carbocycles. The maximum Gasteiger partial charge on any atom is 0.418 e. The summed E-state index contributed by atoms with van der Waals surface area (Å²) in [6.07, 6.45) is -4.56. The van der Waals surface area contributed by atoms with Crippen molar-refractivity contribution < 1.29 is 18.0 Å². The second kappa shape index (κ2) is 5.80. The number of para-hydroxylation sites is 1. The highest BCUT2D eigenvalue weighted by molar-refractivity contribution is 6.03. The average molecular weight is 296 g/mol. The number of rotatable bonds is 3. The van der Waals surface area contributed by atoms with Gasteiger partial charge in [-0.2, -0.15) is 13.2 Å². The Balaban J connectivity index is 2.28. The van der Waals surface area contributed by atoms with Gasteiger partial charge in [0.25, 0.3) is 5.91 Å². The van der Waals surface area contributed by atoms with E-state index in [4.69, 9.17) is 5.84 Å². The molecule has 1 aromatic heterocycles. The number of nitrogens with one attached hydrogen (secondary N) is 2. The number of pyridine rings is 1. The average Bonchev–Trinajstić information content (AvgIpc) is 2.46. The number of anilines is 2. The zero-order valence-corrected chi connectivity index (χ0v) is 10.6. The molecule has 0 spiro atoms. The lowest BCUT2D eigenvalue weighted by molar-refractivity contribution is -0.136. The summed E-state index contributed by atoms with van der Waals surface area (Å²) in [5, 5.41) is 2.19. The van der Waals surface area contributed by atoms with Gasteiger partial charge in [0.1, 0.15) is 11.5 Å². The first kappa shape index (κ1) is 14.8. The first-order chi connectivity index (χ1) is 9.91. The molecule has 2 aromatic rings. The summed E-state index contributed by atoms with van der Waals surface area (Å²) in [6, 6.07) is 9.10. The van der Waals surface area contributed by atoms with Gasteiger partial charge in [0.15, 0.2) is 0 Å². The van der Waals surface area contributed by atoms with Gasteiger partial charge in [0.2, 0.25) is 0 Å². The van der Waals surface area contributed by atoms with E-state index in [1.165, 1.54) is 36.4 Å². The first-order valence-corrected chi connectivity index (χ1v) is 5.83. The smallest absolute Gasteiger partial charge is 0.320 e. The molecule has 0 unspecified atom stereocenters. The van der Waals surface area contributed by atoms with Gasteiger partial charge in [-0.3, -0.25) is 4.79 Å². The fourth-order valence-corrected chi connectivity index (χ4v) is 1.67. The van der Waals surface area contributed by atoms with Crippen molar-refractivity contribution in [3.05, 3.63) is 53.7 Å². The molecule has 1 heterocycles. The van der Waals surface area contributed by atoms with E-state index in [0.29, 0.717) is 0 Å². The van der Waals surface area contributed by atoms with E-state index >= 15 is 0 Å². The Hall–Kier alpha value is -2.61. The second-order valence-electron chi connectivity index (χ2n) is 4.05. The van der Waals surface area contributed by atoms with Gasteiger partial charge in [0, 0.05) is 0 Å². The normalized spacial score (nSPS) is 11.0. The molecule has 0 saturated heterocycles. The van der Waals surface area contributed by atoms with Crippen LogP contribution in [0.15, 0.2) is 42.5 Å². The van der Waals surface area contributed by atoms with Gasteiger partial charge in [-0.05, 0) is 24.3 Å². The Morgan fingerprint density at radius 2 is 1.81 bits per heavy atom. The van der Waals surface area contributed by atoms with Crippen molar-refractivity contribution >= 4 is 17.4 Å². The number of amides is 1. The van der Waals surface area contributed by atoms with Crippen molar-refractivity contribution in [2.75, 3.05) is 10.7 Å². The quantitative estimate of drug-likeness (QED) is 0.601. The van der Waals surface area contributed by atoms with Crippen LogP contribution >= 0.6 is 0 Å². The molecular weight excluding hydrogens is 285 g/mol. The summed E-state index contributed by atoms with van der Waals surface area (Å²) in [5.74, 6) is 4.63. The van der Waals surface area contributed by atoms with Crippen LogP contribution < -0.4 is 16.6 Å². The van der Waals surface area contributed by atoms with Crippen molar-refractivity contribution in [1.29, 1.82) is 0 Å². The lowest BCUT2D eigenvalue weighted by Crippen LogP contribution is -2.18. The lowest BCUT2D eigenvalue weighted by Gasteiger charge is -2.13. The standard InChI is InChI=1S/C13H11F3N4O/c14-13(15,16)8-4-1-2-5-9(8)19-12(21)10-6-3-7-11(18-10)20-17/h1-7H,17H2,(H,18,20)(H,19,21). The Bertz CT molecular complexity index is 658. The fraction of sp³-hybridized carbons (Fsp3) is 0.0769. The highest BCUT2D eigenvalue weighted by Gasteiger charge is 2.33. The van der Waals surface area contributed by atoms with Gasteiger partial charge < -0.3 is 10.7 Å². The molecule has 8 heteroatoms. The van der Waals surface area contributed by atoms with Crippen LogP contribution in [0.5, 0.6) is 0 Å². The lowest BCUT2D eigenvalue weighted by atomic mass is 10.1. The zero-order valence-electron chi connectivity index (χ0n) is 10.6. The molecule has 4 N–H and O–H groups in total. The summed E-state index contributed by atoms with van der Waals surface area (Å²) in [4.78, 5) is 15.8. The summed E-state index contributed by atoms with van der Waals surface area (Å²) < 4.78 is 38.5. The largest absolute Gasteiger partial charge is 0.418 e. The molecule has 0 bridgehead atoms. The number of nitrogen functional groups attached to an aromatic ring is 1. The molecule has 110 valence electrons. The number of carbonyl (C=O) groups is 1. The van der Waals surface area contributed by atoms with Crippen molar-refractivity contribution in [3.63, 3.8) is 0 Å². The molecule has 0 aliphatic rings. The van der Waals surface area contributed by atoms with Gasteiger partial charge >= 0.3 is 6.18 Å². The van der Waals surface area contributed by atoms with Gasteiger partial charge in [-0.15, -0.1) is 0 Å². The van der Waals surface area contributed by atoms with Crippen molar-refractivity contribution in [3.8, 4) is 0 Å². The summed E-state index contributed by atoms with van der Waals surface area (Å²) in [5.41, 5.74) is 0.942. The minimum atomic E-state index is -4.56. The molecule has 21 heavy (non-hydrogen) atoms. The topological polar surface area (TPSA) is 80.0 Å². The maximum atomic E-state index is 12.8. The Morgan fingerprint density at radius 1 is 1.10 bits per heavy atom. The number of aromatic nitrogens is 1. The van der Waals surface area contributed by atoms with Crippen LogP contribution in [0.2, 0.25) is 0 Å². The predicted molar refractivity (Wildman–Crippen MR) is 71.4 cm³/mol. The highest BCUT2D eigenvalue weighted by atomic mass is 19.4. The maximum absolute atomic E-state index is 12.8. The van der Waals surface area contributed by atoms with Gasteiger partial charge in [-0.25, -0.2) is 10.8 Å². The number of alkyl halides is 3. The van der Waals surface area contributed by atoms with Crippen LogP contribution in [-0.4, -0.2) is 10.9 Å². The van der Waals surface area contributed by atoms with Crippen LogP contribution in [0.25, 0.3) is 0 Å². The number of halogens is 3. The highest BCUT2D eigenvalue weighted by Crippen LogP contribution is 2.34. The monoisotopic (exact) mass is 296 g/mol. The van der Waals surface area contributed by atoms with Gasteiger partial charge in [0.05, 0.1) is 11.3 Å². The molecule has 0 aliphatic carbocycles. The number of hydrogen-bond donors (Lipinski definition) is 3. The van der Waals surface area contributed by atoms with Gasteiger partial charge in [-0.1, -0.05) is 18.2 Å². The number of benzene rings is 1. The van der Waals surface area contributed by atoms with Crippen LogP contribution in [0.3, 0.4) is 0 Å². The number of hydrazine groups is 1. The molecule has 0 atom stereocenters. The molecule has 0 radical (unpaired) electrons. The van der Waals surface area contributed by atoms with Crippen molar-refractivity contribution in [1.82, 2.24) is 4.98 Å². The minimum Gasteiger partial charge on any atom is -0.320 e. The summed E-state index contributed by atoms with van der Waals surface area (Å²) in [7, 11) is 0. The van der Waals surface area contributed by atoms with E-state index in [1.807, 2.05) is 0 Å².